The molecular weight excluding hydrogens is 496 g/mol. The van der Waals surface area contributed by atoms with Gasteiger partial charge in [0.05, 0.1) is 0 Å². The van der Waals surface area contributed by atoms with Crippen molar-refractivity contribution in [3.05, 3.63) is 70.8 Å². The van der Waals surface area contributed by atoms with Gasteiger partial charge in [-0.3, -0.25) is 4.79 Å². The van der Waals surface area contributed by atoms with Crippen LogP contribution in [0.25, 0.3) is 0 Å². The van der Waals surface area contributed by atoms with E-state index in [2.05, 4.69) is 51.0 Å². The van der Waals surface area contributed by atoms with Crippen molar-refractivity contribution in [2.75, 3.05) is 21.1 Å². The molecule has 1 amide bonds. The van der Waals surface area contributed by atoms with E-state index in [0.717, 1.165) is 68.3 Å². The standard InChI is InChI=1S/C16H25NO.C9H19N3.C8H18N2/c1-5-7-9-15-12(3)10-14(16(18)17-4)11-13(15)8-6-2;1-3-4-5-6-7-9(10)8-12(2)11;1-3-4-5-6-8(9)7-10-2/h10-11H,5-9H2,1-4H3,(H,17,18);3,8H,1,4-7,10-11H2,2H3;7,10H,3-6,9H2,1-2H3/b;9-8-;8-7-. The number of hydrazine groups is 1. The van der Waals surface area contributed by atoms with Crippen LogP contribution in [0.1, 0.15) is 118 Å². The first kappa shape index (κ1) is 39.2. The van der Waals surface area contributed by atoms with E-state index in [1.54, 1.807) is 20.3 Å². The maximum Gasteiger partial charge on any atom is 0.251 e. The number of carbonyl (C=O) groups is 1. The van der Waals surface area contributed by atoms with Crippen molar-refractivity contribution in [3.8, 4) is 0 Å². The number of carbonyl (C=O) groups excluding carboxylic acids is 1. The van der Waals surface area contributed by atoms with Gasteiger partial charge in [0.2, 0.25) is 0 Å². The Labute approximate surface area is 246 Å². The van der Waals surface area contributed by atoms with Crippen molar-refractivity contribution in [1.29, 1.82) is 0 Å². The first-order valence-electron chi connectivity index (χ1n) is 15.1. The summed E-state index contributed by atoms with van der Waals surface area (Å²) in [7, 11) is 5.31. The number of hydrogen-bond donors (Lipinski definition) is 5. The molecule has 1 rings (SSSR count). The number of benzene rings is 1. The van der Waals surface area contributed by atoms with Gasteiger partial charge < -0.3 is 27.1 Å². The topological polar surface area (TPSA) is 122 Å². The van der Waals surface area contributed by atoms with Crippen LogP contribution >= 0.6 is 0 Å². The van der Waals surface area contributed by atoms with Gasteiger partial charge in [-0.15, -0.1) is 6.58 Å². The van der Waals surface area contributed by atoms with E-state index in [-0.39, 0.29) is 5.91 Å². The molecule has 7 nitrogen and oxygen atoms in total. The lowest BCUT2D eigenvalue weighted by atomic mass is 9.92. The molecule has 8 N–H and O–H groups in total. The fraction of sp³-hybridized carbons (Fsp3) is 0.606. The summed E-state index contributed by atoms with van der Waals surface area (Å²) in [6, 6.07) is 4.09. The van der Waals surface area contributed by atoms with Crippen LogP contribution < -0.4 is 27.9 Å². The van der Waals surface area contributed by atoms with Gasteiger partial charge in [0.1, 0.15) is 0 Å². The second-order valence-corrected chi connectivity index (χ2v) is 10.2. The van der Waals surface area contributed by atoms with Gasteiger partial charge in [0, 0.05) is 50.5 Å². The average molecular weight is 559 g/mol. The molecule has 0 fully saturated rings. The smallest absolute Gasteiger partial charge is 0.251 e. The molecule has 40 heavy (non-hydrogen) atoms. The van der Waals surface area contributed by atoms with Crippen LogP contribution in [0.2, 0.25) is 0 Å². The Balaban J connectivity index is 0. The molecule has 0 spiro atoms. The molecule has 0 aromatic heterocycles. The molecule has 0 saturated carbocycles. The van der Waals surface area contributed by atoms with Crippen LogP contribution in [-0.2, 0) is 12.8 Å². The van der Waals surface area contributed by atoms with E-state index in [0.29, 0.717) is 0 Å². The van der Waals surface area contributed by atoms with Crippen LogP contribution in [0.3, 0.4) is 0 Å². The zero-order valence-electron chi connectivity index (χ0n) is 26.9. The van der Waals surface area contributed by atoms with E-state index in [1.165, 1.54) is 53.8 Å². The van der Waals surface area contributed by atoms with Crippen LogP contribution in [-0.4, -0.2) is 32.1 Å². The van der Waals surface area contributed by atoms with Gasteiger partial charge in [-0.1, -0.05) is 52.5 Å². The lowest BCUT2D eigenvalue weighted by Gasteiger charge is -2.14. The van der Waals surface area contributed by atoms with Gasteiger partial charge >= 0.3 is 0 Å². The third-order valence-electron chi connectivity index (χ3n) is 6.25. The van der Waals surface area contributed by atoms with Gasteiger partial charge in [0.15, 0.2) is 0 Å². The summed E-state index contributed by atoms with van der Waals surface area (Å²) in [6.07, 6.45) is 20.2. The normalized spacial score (nSPS) is 11.0. The second-order valence-electron chi connectivity index (χ2n) is 10.2. The summed E-state index contributed by atoms with van der Waals surface area (Å²) in [5, 5.41) is 7.08. The Hall–Kier alpha value is -2.93. The zero-order chi connectivity index (χ0) is 30.8. The van der Waals surface area contributed by atoms with Crippen molar-refractivity contribution < 1.29 is 4.79 Å². The van der Waals surface area contributed by atoms with Crippen LogP contribution in [0.4, 0.5) is 0 Å². The predicted octanol–water partition coefficient (Wildman–Crippen LogP) is 6.57. The van der Waals surface area contributed by atoms with Gasteiger partial charge in [-0.05, 0) is 93.5 Å². The minimum absolute atomic E-state index is 0.0116. The third-order valence-corrected chi connectivity index (χ3v) is 6.25. The van der Waals surface area contributed by atoms with Crippen LogP contribution in [0.15, 0.2) is 48.6 Å². The number of nitrogens with two attached hydrogens (primary N) is 3. The average Bonchev–Trinajstić information content (AvgIpc) is 2.91. The molecule has 1 aromatic carbocycles. The molecular formula is C33H62N6O. The molecule has 230 valence electrons. The van der Waals surface area contributed by atoms with Crippen LogP contribution in [0.5, 0.6) is 0 Å². The fourth-order valence-electron chi connectivity index (χ4n) is 4.15. The largest absolute Gasteiger partial charge is 0.401 e. The summed E-state index contributed by atoms with van der Waals surface area (Å²) in [6.45, 7) is 12.4. The summed E-state index contributed by atoms with van der Waals surface area (Å²) in [5.41, 5.74) is 17.9. The Morgan fingerprint density at radius 2 is 1.55 bits per heavy atom. The van der Waals surface area contributed by atoms with Crippen molar-refractivity contribution >= 4 is 5.91 Å². The van der Waals surface area contributed by atoms with E-state index in [4.69, 9.17) is 17.3 Å². The minimum Gasteiger partial charge on any atom is -0.401 e. The lowest BCUT2D eigenvalue weighted by Crippen LogP contribution is -2.20. The number of rotatable bonds is 17. The molecule has 0 aliphatic rings. The molecule has 0 atom stereocenters. The summed E-state index contributed by atoms with van der Waals surface area (Å²) in [5.74, 6) is 5.40. The quantitative estimate of drug-likeness (QED) is 0.0637. The Morgan fingerprint density at radius 1 is 0.925 bits per heavy atom. The van der Waals surface area contributed by atoms with E-state index in [9.17, 15) is 4.79 Å². The zero-order valence-corrected chi connectivity index (χ0v) is 26.9. The molecule has 0 heterocycles. The number of amides is 1. The Kier molecular flexibility index (Phi) is 25.8. The lowest BCUT2D eigenvalue weighted by molar-refractivity contribution is 0.0963. The van der Waals surface area contributed by atoms with Crippen molar-refractivity contribution in [1.82, 2.24) is 15.6 Å². The first-order valence-corrected chi connectivity index (χ1v) is 15.1. The predicted molar refractivity (Wildman–Crippen MR) is 176 cm³/mol. The van der Waals surface area contributed by atoms with Crippen molar-refractivity contribution in [2.24, 2.45) is 17.3 Å². The number of nitrogens with one attached hydrogen (secondary N) is 2. The maximum atomic E-state index is 11.7. The van der Waals surface area contributed by atoms with Crippen LogP contribution in [0, 0.1) is 6.92 Å². The van der Waals surface area contributed by atoms with E-state index >= 15 is 0 Å². The summed E-state index contributed by atoms with van der Waals surface area (Å²) >= 11 is 0. The minimum atomic E-state index is 0.0116. The molecule has 0 radical (unpaired) electrons. The van der Waals surface area contributed by atoms with Crippen molar-refractivity contribution in [3.63, 3.8) is 0 Å². The number of nitrogens with zero attached hydrogens (tertiary/aromatic N) is 1. The number of allylic oxidation sites excluding steroid dienone is 3. The third kappa shape index (κ3) is 21.0. The molecule has 0 saturated heterocycles. The highest BCUT2D eigenvalue weighted by atomic mass is 16.1. The fourth-order valence-corrected chi connectivity index (χ4v) is 4.15. The molecule has 0 aliphatic heterocycles. The SMILES string of the molecule is C=CCCCC/C(N)=C/N(C)N.CCCCC/C(N)=C/NC.CCCCc1c(C)cc(C(=O)NC)cc1CCC. The van der Waals surface area contributed by atoms with Gasteiger partial charge in [-0.25, -0.2) is 5.84 Å². The first-order chi connectivity index (χ1) is 19.1. The van der Waals surface area contributed by atoms with Gasteiger partial charge in [-0.2, -0.15) is 0 Å². The second kappa shape index (κ2) is 26.3. The number of unbranched alkanes of at least 4 members (excludes halogenated alkanes) is 5. The Morgan fingerprint density at radius 3 is 2.08 bits per heavy atom. The molecule has 0 bridgehead atoms. The van der Waals surface area contributed by atoms with E-state index < -0.39 is 0 Å². The highest BCUT2D eigenvalue weighted by Gasteiger charge is 2.11. The molecule has 7 heteroatoms. The maximum absolute atomic E-state index is 11.7. The summed E-state index contributed by atoms with van der Waals surface area (Å²) in [4.78, 5) is 11.7. The highest BCUT2D eigenvalue weighted by Crippen LogP contribution is 2.21. The molecule has 0 unspecified atom stereocenters. The molecule has 1 aromatic rings. The number of aryl methyl sites for hydroxylation is 2. The number of hydrogen-bond acceptors (Lipinski definition) is 6. The highest BCUT2D eigenvalue weighted by molar-refractivity contribution is 5.94. The monoisotopic (exact) mass is 558 g/mol. The van der Waals surface area contributed by atoms with E-state index in [1.807, 2.05) is 25.4 Å². The van der Waals surface area contributed by atoms with Gasteiger partial charge in [0.25, 0.3) is 5.91 Å². The molecule has 0 aliphatic carbocycles. The van der Waals surface area contributed by atoms with Crippen molar-refractivity contribution in [2.45, 2.75) is 111 Å². The Bertz CT molecular complexity index is 861. The summed E-state index contributed by atoms with van der Waals surface area (Å²) < 4.78 is 0.